The maximum atomic E-state index is 9.68. The fraction of sp³-hybridized carbons (Fsp3) is 0.125. The summed E-state index contributed by atoms with van der Waals surface area (Å²) in [6.07, 6.45) is 0. The van der Waals surface area contributed by atoms with Crippen LogP contribution in [0, 0.1) is 11.3 Å². The van der Waals surface area contributed by atoms with Crippen LogP contribution in [0.4, 0.5) is 0 Å². The van der Waals surface area contributed by atoms with E-state index >= 15 is 0 Å². The van der Waals surface area contributed by atoms with E-state index in [1.165, 1.54) is 27.8 Å². The van der Waals surface area contributed by atoms with Crippen LogP contribution in [-0.4, -0.2) is 4.57 Å². The maximum Gasteiger partial charge on any atom is 0.101 e. The van der Waals surface area contributed by atoms with E-state index in [-0.39, 0.29) is 5.41 Å². The second-order valence-corrected chi connectivity index (χ2v) is 7.38. The van der Waals surface area contributed by atoms with E-state index in [2.05, 4.69) is 73.0 Å². The zero-order chi connectivity index (χ0) is 17.9. The van der Waals surface area contributed by atoms with Crippen molar-refractivity contribution in [2.75, 3.05) is 0 Å². The van der Waals surface area contributed by atoms with Gasteiger partial charge in [-0.15, -0.1) is 0 Å². The zero-order valence-electron chi connectivity index (χ0n) is 14.8. The first-order valence-electron chi connectivity index (χ1n) is 8.88. The fourth-order valence-corrected chi connectivity index (χ4v) is 4.49. The SMILES string of the molecule is CC1(C)c2ccccc2-c2c1n(-c1ccccc1C#N)c1ccccc21. The van der Waals surface area contributed by atoms with E-state index in [4.69, 9.17) is 0 Å². The summed E-state index contributed by atoms with van der Waals surface area (Å²) >= 11 is 0. The van der Waals surface area contributed by atoms with E-state index in [1.54, 1.807) is 0 Å². The van der Waals surface area contributed by atoms with Crippen LogP contribution >= 0.6 is 0 Å². The summed E-state index contributed by atoms with van der Waals surface area (Å²) in [4.78, 5) is 0. The molecule has 2 heteroatoms. The van der Waals surface area contributed by atoms with E-state index in [1.807, 2.05) is 24.3 Å². The van der Waals surface area contributed by atoms with Gasteiger partial charge in [-0.3, -0.25) is 0 Å². The highest BCUT2D eigenvalue weighted by atomic mass is 15.0. The van der Waals surface area contributed by atoms with Gasteiger partial charge in [0, 0.05) is 22.1 Å². The first-order valence-corrected chi connectivity index (χ1v) is 8.88. The van der Waals surface area contributed by atoms with Crippen molar-refractivity contribution in [2.45, 2.75) is 19.3 Å². The van der Waals surface area contributed by atoms with Gasteiger partial charge in [0.25, 0.3) is 0 Å². The number of aromatic nitrogens is 1. The Morgan fingerprint density at radius 3 is 2.38 bits per heavy atom. The molecule has 124 valence electrons. The van der Waals surface area contributed by atoms with Crippen LogP contribution in [-0.2, 0) is 5.41 Å². The van der Waals surface area contributed by atoms with Crippen LogP contribution < -0.4 is 0 Å². The van der Waals surface area contributed by atoms with Crippen molar-refractivity contribution in [3.8, 4) is 22.9 Å². The standard InChI is InChI=1S/C24H18N2/c1-24(2)19-12-6-4-10-17(19)22-18-11-5-8-14-21(18)26(23(22)24)20-13-7-3-9-16(20)15-25/h3-14H,1-2H3. The molecule has 1 aliphatic rings. The van der Waals surface area contributed by atoms with Crippen molar-refractivity contribution in [1.82, 2.24) is 4.57 Å². The average Bonchev–Trinajstić information content (AvgIpc) is 3.14. The second-order valence-electron chi connectivity index (χ2n) is 7.38. The maximum absolute atomic E-state index is 9.68. The third-order valence-corrected chi connectivity index (χ3v) is 5.60. The summed E-state index contributed by atoms with van der Waals surface area (Å²) in [5.74, 6) is 0. The number of hydrogen-bond acceptors (Lipinski definition) is 1. The van der Waals surface area contributed by atoms with Crippen LogP contribution in [0.5, 0.6) is 0 Å². The zero-order valence-corrected chi connectivity index (χ0v) is 14.8. The highest BCUT2D eigenvalue weighted by Gasteiger charge is 2.40. The van der Waals surface area contributed by atoms with Crippen molar-refractivity contribution in [3.05, 3.63) is 89.6 Å². The highest BCUT2D eigenvalue weighted by Crippen LogP contribution is 2.53. The van der Waals surface area contributed by atoms with Crippen molar-refractivity contribution < 1.29 is 0 Å². The highest BCUT2D eigenvalue weighted by molar-refractivity contribution is 6.03. The molecule has 0 fully saturated rings. The first kappa shape index (κ1) is 15.0. The van der Waals surface area contributed by atoms with Gasteiger partial charge in [-0.05, 0) is 29.3 Å². The van der Waals surface area contributed by atoms with Gasteiger partial charge in [0.15, 0.2) is 0 Å². The van der Waals surface area contributed by atoms with Gasteiger partial charge in [0.1, 0.15) is 6.07 Å². The molecule has 0 N–H and O–H groups in total. The third kappa shape index (κ3) is 1.75. The van der Waals surface area contributed by atoms with Crippen LogP contribution in [0.25, 0.3) is 27.7 Å². The lowest BCUT2D eigenvalue weighted by Gasteiger charge is -2.25. The van der Waals surface area contributed by atoms with Crippen LogP contribution in [0.2, 0.25) is 0 Å². The Morgan fingerprint density at radius 1 is 0.846 bits per heavy atom. The summed E-state index contributed by atoms with van der Waals surface area (Å²) in [6, 6.07) is 27.4. The van der Waals surface area contributed by atoms with Gasteiger partial charge in [-0.2, -0.15) is 5.26 Å². The Labute approximate surface area is 152 Å². The van der Waals surface area contributed by atoms with Crippen LogP contribution in [0.15, 0.2) is 72.8 Å². The first-order chi connectivity index (χ1) is 12.6. The Kier molecular flexibility index (Phi) is 2.94. The molecule has 3 aromatic carbocycles. The molecule has 0 aliphatic heterocycles. The molecule has 0 saturated heterocycles. The molecule has 0 radical (unpaired) electrons. The smallest absolute Gasteiger partial charge is 0.101 e. The van der Waals surface area contributed by atoms with Crippen LogP contribution in [0.1, 0.15) is 30.7 Å². The molecule has 0 spiro atoms. The molecule has 1 heterocycles. The van der Waals surface area contributed by atoms with Gasteiger partial charge in [0.2, 0.25) is 0 Å². The monoisotopic (exact) mass is 334 g/mol. The molecule has 4 aromatic rings. The van der Waals surface area contributed by atoms with Gasteiger partial charge in [0.05, 0.1) is 16.8 Å². The summed E-state index contributed by atoms with van der Waals surface area (Å²) in [7, 11) is 0. The number of para-hydroxylation sites is 2. The molecule has 5 rings (SSSR count). The predicted octanol–water partition coefficient (Wildman–Crippen LogP) is 5.81. The quantitative estimate of drug-likeness (QED) is 0.432. The molecule has 26 heavy (non-hydrogen) atoms. The molecular formula is C24H18N2. The molecule has 1 aromatic heterocycles. The lowest BCUT2D eigenvalue weighted by atomic mass is 9.85. The Morgan fingerprint density at radius 2 is 1.54 bits per heavy atom. The molecular weight excluding hydrogens is 316 g/mol. The third-order valence-electron chi connectivity index (χ3n) is 5.60. The van der Waals surface area contributed by atoms with Gasteiger partial charge in [-0.25, -0.2) is 0 Å². The van der Waals surface area contributed by atoms with Crippen molar-refractivity contribution in [1.29, 1.82) is 5.26 Å². The Bertz CT molecular complexity index is 1220. The normalized spacial score (nSPS) is 14.0. The largest absolute Gasteiger partial charge is 0.311 e. The van der Waals surface area contributed by atoms with E-state index in [0.717, 1.165) is 11.2 Å². The lowest BCUT2D eigenvalue weighted by molar-refractivity contribution is 0.623. The van der Waals surface area contributed by atoms with Gasteiger partial charge in [-0.1, -0.05) is 68.4 Å². The van der Waals surface area contributed by atoms with Crippen molar-refractivity contribution in [2.24, 2.45) is 0 Å². The Balaban J connectivity index is 2.01. The molecule has 2 nitrogen and oxygen atoms in total. The van der Waals surface area contributed by atoms with Crippen molar-refractivity contribution >= 4 is 10.9 Å². The molecule has 0 unspecified atom stereocenters. The topological polar surface area (TPSA) is 28.7 Å². The van der Waals surface area contributed by atoms with E-state index in [0.29, 0.717) is 5.56 Å². The molecule has 1 aliphatic carbocycles. The number of benzene rings is 3. The summed E-state index contributed by atoms with van der Waals surface area (Å²) in [6.45, 7) is 4.56. The van der Waals surface area contributed by atoms with Crippen LogP contribution in [0.3, 0.4) is 0 Å². The second kappa shape index (κ2) is 5.09. The number of fused-ring (bicyclic) bond motifs is 5. The van der Waals surface area contributed by atoms with Gasteiger partial charge < -0.3 is 4.57 Å². The average molecular weight is 334 g/mol. The predicted molar refractivity (Wildman–Crippen MR) is 106 cm³/mol. The van der Waals surface area contributed by atoms with E-state index < -0.39 is 0 Å². The number of hydrogen-bond donors (Lipinski definition) is 0. The lowest BCUT2D eigenvalue weighted by Crippen LogP contribution is -2.20. The Hall–Kier alpha value is -3.31. The number of rotatable bonds is 1. The van der Waals surface area contributed by atoms with Crippen molar-refractivity contribution in [3.63, 3.8) is 0 Å². The summed E-state index contributed by atoms with van der Waals surface area (Å²) < 4.78 is 2.29. The minimum absolute atomic E-state index is 0.131. The molecule has 0 atom stereocenters. The number of nitriles is 1. The molecule has 0 saturated carbocycles. The van der Waals surface area contributed by atoms with E-state index in [9.17, 15) is 5.26 Å². The minimum Gasteiger partial charge on any atom is -0.311 e. The molecule has 0 bridgehead atoms. The summed E-state index contributed by atoms with van der Waals surface area (Å²) in [5.41, 5.74) is 7.89. The fourth-order valence-electron chi connectivity index (χ4n) is 4.49. The summed E-state index contributed by atoms with van der Waals surface area (Å²) in [5, 5.41) is 10.9. The molecule has 0 amide bonds. The number of nitrogens with zero attached hydrogens (tertiary/aromatic N) is 2. The van der Waals surface area contributed by atoms with Gasteiger partial charge >= 0.3 is 0 Å². The minimum atomic E-state index is -0.131.